The molecule has 1 aliphatic heterocycles. The van der Waals surface area contributed by atoms with Crippen LogP contribution >= 0.6 is 0 Å². The van der Waals surface area contributed by atoms with E-state index >= 15 is 0 Å². The maximum Gasteiger partial charge on any atom is 0.251 e. The number of piperidine rings is 1. The Balaban J connectivity index is 1.36. The largest absolute Gasteiger partial charge is 0.367 e. The zero-order valence-corrected chi connectivity index (χ0v) is 17.4. The number of rotatable bonds is 6. The zero-order chi connectivity index (χ0) is 20.9. The maximum atomic E-state index is 11.8. The molecule has 8 heteroatoms. The van der Waals surface area contributed by atoms with Crippen LogP contribution < -0.4 is 15.8 Å². The Morgan fingerprint density at radius 2 is 1.87 bits per heavy atom. The van der Waals surface area contributed by atoms with E-state index in [9.17, 15) is 4.79 Å². The minimum absolute atomic E-state index is 0.138. The topological polar surface area (TPSA) is 99.7 Å². The van der Waals surface area contributed by atoms with Gasteiger partial charge in [-0.05, 0) is 37.8 Å². The lowest BCUT2D eigenvalue weighted by Gasteiger charge is -2.33. The molecule has 2 N–H and O–H groups in total. The highest BCUT2D eigenvalue weighted by atomic mass is 16.1. The molecule has 0 amide bonds. The van der Waals surface area contributed by atoms with Crippen molar-refractivity contribution in [3.63, 3.8) is 0 Å². The fourth-order valence-corrected chi connectivity index (χ4v) is 3.66. The van der Waals surface area contributed by atoms with Crippen LogP contribution in [0.1, 0.15) is 38.1 Å². The van der Waals surface area contributed by atoms with Crippen molar-refractivity contribution in [2.24, 2.45) is 0 Å². The molecular formula is C22H27N7O. The Labute approximate surface area is 175 Å². The smallest absolute Gasteiger partial charge is 0.251 e. The number of pyridine rings is 1. The van der Waals surface area contributed by atoms with E-state index in [1.54, 1.807) is 12.5 Å². The van der Waals surface area contributed by atoms with Crippen LogP contribution in [0.15, 0.2) is 41.6 Å². The predicted molar refractivity (Wildman–Crippen MR) is 118 cm³/mol. The van der Waals surface area contributed by atoms with Gasteiger partial charge in [0.05, 0.1) is 0 Å². The first-order valence-electron chi connectivity index (χ1n) is 10.5. The van der Waals surface area contributed by atoms with Crippen molar-refractivity contribution in [1.82, 2.24) is 24.9 Å². The van der Waals surface area contributed by atoms with E-state index in [-0.39, 0.29) is 5.56 Å². The lowest BCUT2D eigenvalue weighted by atomic mass is 10.0. The number of nitrogens with one attached hydrogen (secondary N) is 2. The summed E-state index contributed by atoms with van der Waals surface area (Å²) in [6, 6.07) is 7.87. The number of hydrogen-bond acceptors (Lipinski definition) is 7. The highest BCUT2D eigenvalue weighted by molar-refractivity contribution is 5.56. The Hall–Kier alpha value is -3.29. The Kier molecular flexibility index (Phi) is 6.02. The van der Waals surface area contributed by atoms with Gasteiger partial charge in [0.25, 0.3) is 5.56 Å². The minimum Gasteiger partial charge on any atom is -0.367 e. The number of hydrogen-bond donors (Lipinski definition) is 2. The van der Waals surface area contributed by atoms with E-state index in [0.29, 0.717) is 11.9 Å². The van der Waals surface area contributed by atoms with Crippen LogP contribution in [0.2, 0.25) is 0 Å². The molecule has 4 heterocycles. The van der Waals surface area contributed by atoms with Gasteiger partial charge in [0.15, 0.2) is 0 Å². The third kappa shape index (κ3) is 4.64. The summed E-state index contributed by atoms with van der Waals surface area (Å²) in [4.78, 5) is 34.6. The number of nitrogens with zero attached hydrogens (tertiary/aromatic N) is 5. The molecule has 3 aromatic heterocycles. The second-order valence-electron chi connectivity index (χ2n) is 7.50. The second-order valence-corrected chi connectivity index (χ2v) is 7.50. The maximum absolute atomic E-state index is 11.8. The summed E-state index contributed by atoms with van der Waals surface area (Å²) in [6.07, 6.45) is 7.08. The van der Waals surface area contributed by atoms with Gasteiger partial charge in [-0.25, -0.2) is 19.9 Å². The average Bonchev–Trinajstić information content (AvgIpc) is 2.79. The number of aromatic nitrogens is 5. The van der Waals surface area contributed by atoms with Crippen LogP contribution in [0.4, 0.5) is 11.6 Å². The number of anilines is 2. The molecule has 0 atom stereocenters. The monoisotopic (exact) mass is 405 g/mol. The van der Waals surface area contributed by atoms with Crippen molar-refractivity contribution < 1.29 is 0 Å². The molecule has 1 fully saturated rings. The summed E-state index contributed by atoms with van der Waals surface area (Å²) in [7, 11) is 0. The normalized spacial score (nSPS) is 14.7. The van der Waals surface area contributed by atoms with E-state index in [1.807, 2.05) is 19.1 Å². The molecule has 0 saturated carbocycles. The molecule has 0 spiro atoms. The van der Waals surface area contributed by atoms with Gasteiger partial charge in [-0.2, -0.15) is 0 Å². The van der Waals surface area contributed by atoms with Gasteiger partial charge < -0.3 is 15.2 Å². The van der Waals surface area contributed by atoms with Crippen molar-refractivity contribution in [3.8, 4) is 11.4 Å². The Bertz CT molecular complexity index is 1040. The lowest BCUT2D eigenvalue weighted by Crippen LogP contribution is -2.39. The van der Waals surface area contributed by atoms with Gasteiger partial charge in [-0.1, -0.05) is 13.8 Å². The van der Waals surface area contributed by atoms with E-state index in [2.05, 4.69) is 48.1 Å². The fraction of sp³-hybridized carbons (Fsp3) is 0.409. The van der Waals surface area contributed by atoms with E-state index in [4.69, 9.17) is 0 Å². The van der Waals surface area contributed by atoms with Gasteiger partial charge in [0, 0.05) is 54.4 Å². The highest BCUT2D eigenvalue weighted by Gasteiger charge is 2.20. The molecule has 1 aliphatic rings. The van der Waals surface area contributed by atoms with Crippen molar-refractivity contribution >= 4 is 11.6 Å². The summed E-state index contributed by atoms with van der Waals surface area (Å²) in [5, 5.41) is 3.53. The first kappa shape index (κ1) is 20.0. The predicted octanol–water partition coefficient (Wildman–Crippen LogP) is 2.83. The van der Waals surface area contributed by atoms with Gasteiger partial charge in [-0.3, -0.25) is 4.79 Å². The quantitative estimate of drug-likeness (QED) is 0.650. The van der Waals surface area contributed by atoms with Crippen molar-refractivity contribution in [2.45, 2.75) is 45.6 Å². The van der Waals surface area contributed by atoms with Crippen molar-refractivity contribution in [2.75, 3.05) is 23.3 Å². The SMILES string of the molecule is CCc1cc(N2CCC(Nc3ccc(-c4nc(CC)cc(=O)[nH]4)cn3)CC2)ncn1. The molecule has 0 aromatic carbocycles. The summed E-state index contributed by atoms with van der Waals surface area (Å²) in [6.45, 7) is 5.99. The van der Waals surface area contributed by atoms with E-state index < -0.39 is 0 Å². The van der Waals surface area contributed by atoms with Crippen LogP contribution in [0.5, 0.6) is 0 Å². The summed E-state index contributed by atoms with van der Waals surface area (Å²) in [5.41, 5.74) is 2.51. The molecule has 156 valence electrons. The van der Waals surface area contributed by atoms with Crippen LogP contribution in [0.25, 0.3) is 11.4 Å². The third-order valence-electron chi connectivity index (χ3n) is 5.44. The lowest BCUT2D eigenvalue weighted by molar-refractivity contribution is 0.522. The summed E-state index contributed by atoms with van der Waals surface area (Å²) in [5.74, 6) is 2.41. The highest BCUT2D eigenvalue weighted by Crippen LogP contribution is 2.21. The van der Waals surface area contributed by atoms with Crippen LogP contribution in [0, 0.1) is 0 Å². The number of H-pyrrole nitrogens is 1. The van der Waals surface area contributed by atoms with Crippen LogP contribution in [-0.4, -0.2) is 44.1 Å². The van der Waals surface area contributed by atoms with Gasteiger partial charge in [0.2, 0.25) is 0 Å². The molecule has 3 aromatic rings. The van der Waals surface area contributed by atoms with Crippen LogP contribution in [-0.2, 0) is 12.8 Å². The summed E-state index contributed by atoms with van der Waals surface area (Å²) >= 11 is 0. The molecule has 0 unspecified atom stereocenters. The first-order valence-corrected chi connectivity index (χ1v) is 10.5. The molecule has 0 radical (unpaired) electrons. The summed E-state index contributed by atoms with van der Waals surface area (Å²) < 4.78 is 0. The molecule has 4 rings (SSSR count). The molecule has 8 nitrogen and oxygen atoms in total. The first-order chi connectivity index (χ1) is 14.6. The number of aryl methyl sites for hydroxylation is 2. The van der Waals surface area contributed by atoms with Crippen molar-refractivity contribution in [1.29, 1.82) is 0 Å². The van der Waals surface area contributed by atoms with Gasteiger partial charge >= 0.3 is 0 Å². The molecule has 0 bridgehead atoms. The van der Waals surface area contributed by atoms with Crippen molar-refractivity contribution in [3.05, 3.63) is 58.5 Å². The number of aromatic amines is 1. The standard InChI is InChI=1S/C22H27N7O/c1-3-16-11-20(25-14-24-16)29-9-7-18(8-10-29)26-19-6-5-15(13-23-19)22-27-17(4-2)12-21(30)28-22/h5-6,11-14,18H,3-4,7-10H2,1-2H3,(H,23,26)(H,27,28,30). The zero-order valence-electron chi connectivity index (χ0n) is 17.4. The minimum atomic E-state index is -0.138. The molecule has 1 saturated heterocycles. The Morgan fingerprint density at radius 3 is 2.57 bits per heavy atom. The van der Waals surface area contributed by atoms with Crippen LogP contribution in [0.3, 0.4) is 0 Å². The van der Waals surface area contributed by atoms with E-state index in [0.717, 1.165) is 67.4 Å². The Morgan fingerprint density at radius 1 is 1.07 bits per heavy atom. The molecule has 0 aliphatic carbocycles. The molecule has 30 heavy (non-hydrogen) atoms. The van der Waals surface area contributed by atoms with Gasteiger partial charge in [0.1, 0.15) is 23.8 Å². The van der Waals surface area contributed by atoms with Gasteiger partial charge in [-0.15, -0.1) is 0 Å². The molecular weight excluding hydrogens is 378 g/mol. The third-order valence-corrected chi connectivity index (χ3v) is 5.44. The average molecular weight is 406 g/mol. The fourth-order valence-electron chi connectivity index (χ4n) is 3.66. The van der Waals surface area contributed by atoms with E-state index in [1.165, 1.54) is 6.07 Å². The second kappa shape index (κ2) is 9.02.